The molecule has 0 saturated carbocycles. The number of hydrogen-bond acceptors (Lipinski definition) is 2. The van der Waals surface area contributed by atoms with E-state index < -0.39 is 0 Å². The van der Waals surface area contributed by atoms with Crippen molar-refractivity contribution in [3.8, 4) is 6.07 Å². The Morgan fingerprint density at radius 2 is 1.95 bits per heavy atom. The zero-order chi connectivity index (χ0) is 14.1. The number of aromatic nitrogens is 2. The van der Waals surface area contributed by atoms with Gasteiger partial charge in [-0.05, 0) is 36.8 Å². The summed E-state index contributed by atoms with van der Waals surface area (Å²) in [7, 11) is 0. The fourth-order valence-corrected chi connectivity index (χ4v) is 2.34. The molecule has 20 heavy (non-hydrogen) atoms. The molecule has 0 radical (unpaired) electrons. The topological polar surface area (TPSA) is 41.1 Å². The van der Waals surface area contributed by atoms with Crippen molar-refractivity contribution in [2.75, 3.05) is 0 Å². The number of aryl methyl sites for hydroxylation is 1. The molecule has 0 spiro atoms. The number of imidazole rings is 1. The molecule has 2 heterocycles. The fourth-order valence-electron chi connectivity index (χ4n) is 2.34. The highest BCUT2D eigenvalue weighted by atomic mass is 19.1. The average molecular weight is 265 g/mol. The van der Waals surface area contributed by atoms with E-state index in [4.69, 9.17) is 0 Å². The minimum atomic E-state index is -0.264. The summed E-state index contributed by atoms with van der Waals surface area (Å²) in [6.07, 6.45) is 0.518. The van der Waals surface area contributed by atoms with Crippen LogP contribution in [0.15, 0.2) is 42.5 Å². The summed E-state index contributed by atoms with van der Waals surface area (Å²) in [5.74, 6) is -0.264. The van der Waals surface area contributed by atoms with Crippen LogP contribution in [0.25, 0.3) is 5.65 Å². The number of fused-ring (bicyclic) bond motifs is 1. The Balaban J connectivity index is 2.10. The standard InChI is InChI=1S/C16H12FN3/c1-11-3-2-4-16-19-14(15(10-18)20(11)16)9-12-5-7-13(17)8-6-12/h2-8H,9H2,1H3. The number of benzene rings is 1. The maximum absolute atomic E-state index is 12.9. The van der Waals surface area contributed by atoms with Crippen molar-refractivity contribution in [2.45, 2.75) is 13.3 Å². The quantitative estimate of drug-likeness (QED) is 0.713. The van der Waals surface area contributed by atoms with Gasteiger partial charge in [0, 0.05) is 12.1 Å². The van der Waals surface area contributed by atoms with Crippen LogP contribution in [0.1, 0.15) is 22.6 Å². The SMILES string of the molecule is Cc1cccc2nc(Cc3ccc(F)cc3)c(C#N)n12. The van der Waals surface area contributed by atoms with E-state index in [0.717, 1.165) is 16.9 Å². The third-order valence-electron chi connectivity index (χ3n) is 3.30. The Labute approximate surface area is 115 Å². The first kappa shape index (κ1) is 12.4. The van der Waals surface area contributed by atoms with Crippen molar-refractivity contribution in [2.24, 2.45) is 0 Å². The molecule has 3 rings (SSSR count). The molecule has 0 fully saturated rings. The molecular weight excluding hydrogens is 253 g/mol. The highest BCUT2D eigenvalue weighted by Crippen LogP contribution is 2.18. The lowest BCUT2D eigenvalue weighted by molar-refractivity contribution is 0.627. The minimum Gasteiger partial charge on any atom is -0.288 e. The molecule has 0 aliphatic rings. The van der Waals surface area contributed by atoms with E-state index in [1.165, 1.54) is 12.1 Å². The maximum Gasteiger partial charge on any atom is 0.148 e. The second kappa shape index (κ2) is 4.78. The van der Waals surface area contributed by atoms with Crippen LogP contribution < -0.4 is 0 Å². The molecule has 1 aromatic carbocycles. The Hall–Kier alpha value is -2.67. The van der Waals surface area contributed by atoms with Gasteiger partial charge in [-0.3, -0.25) is 4.40 Å². The van der Waals surface area contributed by atoms with Crippen molar-refractivity contribution in [3.63, 3.8) is 0 Å². The molecule has 3 aromatic rings. The van der Waals surface area contributed by atoms with Gasteiger partial charge >= 0.3 is 0 Å². The number of halogens is 1. The van der Waals surface area contributed by atoms with E-state index >= 15 is 0 Å². The molecular formula is C16H12FN3. The van der Waals surface area contributed by atoms with Crippen LogP contribution in [-0.2, 0) is 6.42 Å². The second-order valence-electron chi connectivity index (χ2n) is 4.68. The summed E-state index contributed by atoms with van der Waals surface area (Å²) in [4.78, 5) is 4.51. The largest absolute Gasteiger partial charge is 0.288 e. The van der Waals surface area contributed by atoms with Crippen LogP contribution in [0.2, 0.25) is 0 Å². The summed E-state index contributed by atoms with van der Waals surface area (Å²) in [6.45, 7) is 1.94. The molecule has 0 N–H and O–H groups in total. The summed E-state index contributed by atoms with van der Waals surface area (Å²) in [5.41, 5.74) is 3.93. The van der Waals surface area contributed by atoms with Crippen molar-refractivity contribution < 1.29 is 4.39 Å². The smallest absolute Gasteiger partial charge is 0.148 e. The number of nitrogens with zero attached hydrogens (tertiary/aromatic N) is 3. The second-order valence-corrected chi connectivity index (χ2v) is 4.68. The molecule has 0 saturated heterocycles. The van der Waals surface area contributed by atoms with Gasteiger partial charge in [0.2, 0.25) is 0 Å². The summed E-state index contributed by atoms with van der Waals surface area (Å²) < 4.78 is 14.8. The minimum absolute atomic E-state index is 0.264. The molecule has 3 nitrogen and oxygen atoms in total. The Morgan fingerprint density at radius 3 is 2.65 bits per heavy atom. The molecule has 4 heteroatoms. The molecule has 0 aliphatic carbocycles. The Kier molecular flexibility index (Phi) is 2.96. The third-order valence-corrected chi connectivity index (χ3v) is 3.30. The fraction of sp³-hybridized carbons (Fsp3) is 0.125. The zero-order valence-electron chi connectivity index (χ0n) is 11.0. The van der Waals surface area contributed by atoms with Gasteiger partial charge in [-0.2, -0.15) is 5.26 Å². The van der Waals surface area contributed by atoms with Crippen molar-refractivity contribution in [1.29, 1.82) is 5.26 Å². The lowest BCUT2D eigenvalue weighted by atomic mass is 10.1. The molecule has 2 aromatic heterocycles. The average Bonchev–Trinajstić information content (AvgIpc) is 2.80. The normalized spacial score (nSPS) is 10.7. The van der Waals surface area contributed by atoms with Crippen molar-refractivity contribution >= 4 is 5.65 Å². The van der Waals surface area contributed by atoms with Crippen LogP contribution >= 0.6 is 0 Å². The molecule has 0 unspecified atom stereocenters. The first-order chi connectivity index (χ1) is 9.69. The van der Waals surface area contributed by atoms with E-state index in [2.05, 4.69) is 11.1 Å². The summed E-state index contributed by atoms with van der Waals surface area (Å²) in [6, 6.07) is 14.2. The van der Waals surface area contributed by atoms with Crippen LogP contribution in [0.4, 0.5) is 4.39 Å². The Morgan fingerprint density at radius 1 is 1.20 bits per heavy atom. The van der Waals surface area contributed by atoms with E-state index in [1.807, 2.05) is 29.5 Å². The van der Waals surface area contributed by atoms with Gasteiger partial charge < -0.3 is 0 Å². The lowest BCUT2D eigenvalue weighted by Crippen LogP contribution is -1.96. The monoisotopic (exact) mass is 265 g/mol. The molecule has 98 valence electrons. The molecule has 0 bridgehead atoms. The van der Waals surface area contributed by atoms with Crippen LogP contribution in [-0.4, -0.2) is 9.38 Å². The lowest BCUT2D eigenvalue weighted by Gasteiger charge is -2.01. The van der Waals surface area contributed by atoms with E-state index in [-0.39, 0.29) is 5.82 Å². The number of rotatable bonds is 2. The third kappa shape index (κ3) is 2.04. The van der Waals surface area contributed by atoms with Crippen LogP contribution in [0.5, 0.6) is 0 Å². The van der Waals surface area contributed by atoms with Gasteiger partial charge in [0.25, 0.3) is 0 Å². The molecule has 0 amide bonds. The highest BCUT2D eigenvalue weighted by Gasteiger charge is 2.13. The first-order valence-electron chi connectivity index (χ1n) is 6.30. The summed E-state index contributed by atoms with van der Waals surface area (Å²) in [5, 5.41) is 9.38. The van der Waals surface area contributed by atoms with Crippen LogP contribution in [0.3, 0.4) is 0 Å². The number of pyridine rings is 1. The van der Waals surface area contributed by atoms with Gasteiger partial charge in [-0.1, -0.05) is 18.2 Å². The van der Waals surface area contributed by atoms with E-state index in [9.17, 15) is 9.65 Å². The van der Waals surface area contributed by atoms with E-state index in [0.29, 0.717) is 17.8 Å². The maximum atomic E-state index is 12.9. The first-order valence-corrected chi connectivity index (χ1v) is 6.30. The van der Waals surface area contributed by atoms with Crippen LogP contribution in [0, 0.1) is 24.1 Å². The zero-order valence-corrected chi connectivity index (χ0v) is 11.0. The molecule has 0 atom stereocenters. The van der Waals surface area contributed by atoms with Crippen molar-refractivity contribution in [1.82, 2.24) is 9.38 Å². The highest BCUT2D eigenvalue weighted by molar-refractivity contribution is 5.49. The summed E-state index contributed by atoms with van der Waals surface area (Å²) >= 11 is 0. The van der Waals surface area contributed by atoms with Crippen molar-refractivity contribution in [3.05, 3.63) is 70.9 Å². The van der Waals surface area contributed by atoms with Gasteiger partial charge in [-0.15, -0.1) is 0 Å². The van der Waals surface area contributed by atoms with E-state index in [1.54, 1.807) is 12.1 Å². The predicted octanol–water partition coefficient (Wildman–Crippen LogP) is 3.24. The van der Waals surface area contributed by atoms with Gasteiger partial charge in [-0.25, -0.2) is 9.37 Å². The van der Waals surface area contributed by atoms with Gasteiger partial charge in [0.15, 0.2) is 0 Å². The van der Waals surface area contributed by atoms with Gasteiger partial charge in [0.1, 0.15) is 23.2 Å². The number of hydrogen-bond donors (Lipinski definition) is 0. The number of nitriles is 1. The Bertz CT molecular complexity index is 810. The predicted molar refractivity (Wildman–Crippen MR) is 73.9 cm³/mol. The van der Waals surface area contributed by atoms with Gasteiger partial charge in [0.05, 0.1) is 5.69 Å². The molecule has 0 aliphatic heterocycles.